The van der Waals surface area contributed by atoms with E-state index in [0.717, 1.165) is 60.9 Å². The van der Waals surface area contributed by atoms with Gasteiger partial charge in [0.2, 0.25) is 5.91 Å². The molecule has 0 saturated carbocycles. The van der Waals surface area contributed by atoms with Gasteiger partial charge in [-0.05, 0) is 61.5 Å². The number of carbonyl (C=O) groups is 1. The molecule has 1 unspecified atom stereocenters. The van der Waals surface area contributed by atoms with E-state index in [2.05, 4.69) is 33.7 Å². The first-order valence-electron chi connectivity index (χ1n) is 11.2. The van der Waals surface area contributed by atoms with Gasteiger partial charge in [-0.15, -0.1) is 0 Å². The van der Waals surface area contributed by atoms with Crippen molar-refractivity contribution in [3.63, 3.8) is 0 Å². The third-order valence-electron chi connectivity index (χ3n) is 6.32. The summed E-state index contributed by atoms with van der Waals surface area (Å²) < 4.78 is 11.2. The fourth-order valence-electron chi connectivity index (χ4n) is 4.52. The molecule has 4 rings (SSSR count). The van der Waals surface area contributed by atoms with Crippen LogP contribution in [-0.2, 0) is 4.79 Å². The fraction of sp³-hybridized carbons (Fsp3) is 0.440. The summed E-state index contributed by atoms with van der Waals surface area (Å²) in [6.45, 7) is 3.11. The lowest BCUT2D eigenvalue weighted by Crippen LogP contribution is -2.33. The van der Waals surface area contributed by atoms with Crippen molar-refractivity contribution in [2.24, 2.45) is 10.9 Å². The zero-order valence-electron chi connectivity index (χ0n) is 19.1. The van der Waals surface area contributed by atoms with Crippen molar-refractivity contribution in [1.29, 1.82) is 0 Å². The van der Waals surface area contributed by atoms with E-state index in [-0.39, 0.29) is 17.9 Å². The summed E-state index contributed by atoms with van der Waals surface area (Å²) in [5, 5.41) is 5.88. The van der Waals surface area contributed by atoms with Crippen LogP contribution in [0.15, 0.2) is 47.5 Å². The van der Waals surface area contributed by atoms with E-state index in [1.54, 1.807) is 14.2 Å². The lowest BCUT2D eigenvalue weighted by atomic mass is 9.91. The average molecular weight is 437 g/mol. The molecule has 2 aliphatic rings. The highest BCUT2D eigenvalue weighted by Crippen LogP contribution is 2.41. The van der Waals surface area contributed by atoms with E-state index >= 15 is 0 Å². The van der Waals surface area contributed by atoms with Gasteiger partial charge in [0, 0.05) is 38.7 Å². The van der Waals surface area contributed by atoms with Crippen molar-refractivity contribution in [2.45, 2.75) is 18.9 Å². The van der Waals surface area contributed by atoms with Gasteiger partial charge in [-0.1, -0.05) is 6.07 Å². The van der Waals surface area contributed by atoms with Crippen LogP contribution in [0.1, 0.15) is 30.0 Å². The number of benzene rings is 2. The molecule has 2 heterocycles. The number of aliphatic imine (C=N–C) groups is 1. The Morgan fingerprint density at radius 1 is 1.16 bits per heavy atom. The maximum Gasteiger partial charge on any atom is 0.224 e. The zero-order valence-corrected chi connectivity index (χ0v) is 19.1. The summed E-state index contributed by atoms with van der Waals surface area (Å²) in [6.07, 6.45) is 1.69. The molecule has 2 aromatic rings. The minimum Gasteiger partial charge on any atom is -0.497 e. The Morgan fingerprint density at radius 2 is 1.94 bits per heavy atom. The van der Waals surface area contributed by atoms with E-state index in [4.69, 9.17) is 14.5 Å². The Labute approximate surface area is 189 Å². The zero-order chi connectivity index (χ0) is 22.5. The van der Waals surface area contributed by atoms with E-state index in [1.807, 2.05) is 31.3 Å². The normalized spacial score (nSPS) is 20.4. The van der Waals surface area contributed by atoms with Crippen LogP contribution in [0.2, 0.25) is 0 Å². The summed E-state index contributed by atoms with van der Waals surface area (Å²) in [5.41, 5.74) is 4.26. The van der Waals surface area contributed by atoms with Gasteiger partial charge in [0.25, 0.3) is 0 Å². The molecule has 0 aromatic heterocycles. The maximum atomic E-state index is 12.2. The SMILES string of the molecule is CNCCOc1ccc(C2=Nc3cc(OC)ccc3C(N3CC[C@@H](C(=O)NC)C3)C2)cc1. The largest absolute Gasteiger partial charge is 0.497 e. The van der Waals surface area contributed by atoms with Gasteiger partial charge in [-0.25, -0.2) is 0 Å². The summed E-state index contributed by atoms with van der Waals surface area (Å²) in [7, 11) is 5.30. The number of likely N-dealkylation sites (N-methyl/N-ethyl adjacent to an activating group) is 1. The van der Waals surface area contributed by atoms with E-state index in [1.165, 1.54) is 5.56 Å². The van der Waals surface area contributed by atoms with Crippen molar-refractivity contribution in [3.8, 4) is 11.5 Å². The molecular weight excluding hydrogens is 404 g/mol. The molecule has 2 atom stereocenters. The number of nitrogens with one attached hydrogen (secondary N) is 2. The molecule has 2 aromatic carbocycles. The molecule has 0 bridgehead atoms. The number of ether oxygens (including phenoxy) is 2. The van der Waals surface area contributed by atoms with Crippen molar-refractivity contribution in [2.75, 3.05) is 47.4 Å². The minimum absolute atomic E-state index is 0.0399. The fourth-order valence-corrected chi connectivity index (χ4v) is 4.52. The molecule has 1 fully saturated rings. The summed E-state index contributed by atoms with van der Waals surface area (Å²) in [6, 6.07) is 14.5. The number of likely N-dealkylation sites (tertiary alicyclic amines) is 1. The number of hydrogen-bond acceptors (Lipinski definition) is 6. The molecule has 1 saturated heterocycles. The maximum absolute atomic E-state index is 12.2. The first-order chi connectivity index (χ1) is 15.6. The number of carbonyl (C=O) groups excluding carboxylic acids is 1. The minimum atomic E-state index is 0.0399. The van der Waals surface area contributed by atoms with Crippen LogP contribution in [0.25, 0.3) is 0 Å². The van der Waals surface area contributed by atoms with Crippen molar-refractivity contribution in [3.05, 3.63) is 53.6 Å². The number of nitrogens with zero attached hydrogens (tertiary/aromatic N) is 2. The monoisotopic (exact) mass is 436 g/mol. The van der Waals surface area contributed by atoms with Gasteiger partial charge in [0.1, 0.15) is 18.1 Å². The number of fused-ring (bicyclic) bond motifs is 1. The number of rotatable bonds is 8. The van der Waals surface area contributed by atoms with Crippen molar-refractivity contribution in [1.82, 2.24) is 15.5 Å². The topological polar surface area (TPSA) is 75.2 Å². The Hall–Kier alpha value is -2.90. The average Bonchev–Trinajstić information content (AvgIpc) is 3.33. The van der Waals surface area contributed by atoms with Crippen LogP contribution >= 0.6 is 0 Å². The second-order valence-electron chi connectivity index (χ2n) is 8.27. The molecular formula is C25H32N4O3. The van der Waals surface area contributed by atoms with Gasteiger partial charge in [0.05, 0.1) is 24.4 Å². The van der Waals surface area contributed by atoms with Crippen LogP contribution in [-0.4, -0.2) is 64.0 Å². The Bertz CT molecular complexity index is 974. The quantitative estimate of drug-likeness (QED) is 0.623. The van der Waals surface area contributed by atoms with Gasteiger partial charge >= 0.3 is 0 Å². The molecule has 0 aliphatic carbocycles. The molecule has 0 spiro atoms. The Balaban J connectivity index is 1.60. The van der Waals surface area contributed by atoms with Gasteiger partial charge in [0.15, 0.2) is 0 Å². The second kappa shape index (κ2) is 10.1. The van der Waals surface area contributed by atoms with Crippen LogP contribution in [0.5, 0.6) is 11.5 Å². The molecule has 0 radical (unpaired) electrons. The van der Waals surface area contributed by atoms with Crippen molar-refractivity contribution < 1.29 is 14.3 Å². The molecule has 32 heavy (non-hydrogen) atoms. The van der Waals surface area contributed by atoms with E-state index in [9.17, 15) is 4.79 Å². The van der Waals surface area contributed by atoms with E-state index < -0.39 is 0 Å². The molecule has 7 nitrogen and oxygen atoms in total. The molecule has 1 amide bonds. The molecule has 2 aliphatic heterocycles. The second-order valence-corrected chi connectivity index (χ2v) is 8.27. The smallest absolute Gasteiger partial charge is 0.224 e. The number of methoxy groups -OCH3 is 1. The van der Waals surface area contributed by atoms with Crippen LogP contribution in [0.3, 0.4) is 0 Å². The van der Waals surface area contributed by atoms with Crippen LogP contribution in [0.4, 0.5) is 5.69 Å². The lowest BCUT2D eigenvalue weighted by Gasteiger charge is -2.33. The van der Waals surface area contributed by atoms with Gasteiger partial charge in [-0.3, -0.25) is 14.7 Å². The molecule has 2 N–H and O–H groups in total. The summed E-state index contributed by atoms with van der Waals surface area (Å²) in [5.74, 6) is 1.82. The Morgan fingerprint density at radius 3 is 2.66 bits per heavy atom. The highest BCUT2D eigenvalue weighted by Gasteiger charge is 2.35. The first-order valence-corrected chi connectivity index (χ1v) is 11.2. The predicted molar refractivity (Wildman–Crippen MR) is 126 cm³/mol. The Kier molecular flexibility index (Phi) is 7.07. The van der Waals surface area contributed by atoms with Crippen molar-refractivity contribution >= 4 is 17.3 Å². The highest BCUT2D eigenvalue weighted by molar-refractivity contribution is 6.04. The standard InChI is InChI=1S/C25H32N4O3/c1-26-11-13-32-19-6-4-17(5-7-19)22-15-24(29-12-10-18(16-29)25(30)27-2)21-9-8-20(31-3)14-23(21)28-22/h4-9,14,18,24,26H,10-13,15-16H2,1-3H3,(H,27,30)/t18-,24?/m1/s1. The number of hydrogen-bond donors (Lipinski definition) is 2. The first kappa shape index (κ1) is 22.3. The number of amides is 1. The highest BCUT2D eigenvalue weighted by atomic mass is 16.5. The van der Waals surface area contributed by atoms with Crippen LogP contribution in [0, 0.1) is 5.92 Å². The van der Waals surface area contributed by atoms with Crippen LogP contribution < -0.4 is 20.1 Å². The predicted octanol–water partition coefficient (Wildman–Crippen LogP) is 2.93. The lowest BCUT2D eigenvalue weighted by molar-refractivity contribution is -0.124. The third-order valence-corrected chi connectivity index (χ3v) is 6.32. The summed E-state index contributed by atoms with van der Waals surface area (Å²) in [4.78, 5) is 19.6. The van der Waals surface area contributed by atoms with Gasteiger partial charge in [-0.2, -0.15) is 0 Å². The molecule has 7 heteroatoms. The summed E-state index contributed by atoms with van der Waals surface area (Å²) >= 11 is 0. The van der Waals surface area contributed by atoms with Gasteiger partial charge < -0.3 is 20.1 Å². The van der Waals surface area contributed by atoms with E-state index in [0.29, 0.717) is 6.61 Å². The third kappa shape index (κ3) is 4.79. The molecule has 170 valence electrons.